The van der Waals surface area contributed by atoms with Gasteiger partial charge in [0.1, 0.15) is 5.56 Å². The Morgan fingerprint density at radius 2 is 1.86 bits per heavy atom. The third kappa shape index (κ3) is 3.40. The predicted octanol–water partition coefficient (Wildman–Crippen LogP) is 3.22. The predicted molar refractivity (Wildman–Crippen MR) is 84.7 cm³/mol. The highest BCUT2D eigenvalue weighted by molar-refractivity contribution is 6.36. The first-order valence-electron chi connectivity index (χ1n) is 5.99. The summed E-state index contributed by atoms with van der Waals surface area (Å²) in [5.74, 6) is -0.499. The van der Waals surface area contributed by atoms with Crippen molar-refractivity contribution in [2.45, 2.75) is 6.54 Å². The van der Waals surface area contributed by atoms with E-state index in [0.29, 0.717) is 15.6 Å². The van der Waals surface area contributed by atoms with Gasteiger partial charge in [-0.3, -0.25) is 9.59 Å². The van der Waals surface area contributed by atoms with Crippen LogP contribution in [0, 0.1) is 0 Å². The summed E-state index contributed by atoms with van der Waals surface area (Å²) in [5.41, 5.74) is 0.0935. The Hall–Kier alpha value is -1.49. The normalized spacial score (nSPS) is 10.5. The number of rotatable bonds is 3. The van der Waals surface area contributed by atoms with Gasteiger partial charge in [-0.1, -0.05) is 40.9 Å². The molecular formula is C14H11Cl3N2O2. The molecule has 0 aliphatic rings. The number of halogens is 3. The van der Waals surface area contributed by atoms with E-state index in [1.54, 1.807) is 18.2 Å². The summed E-state index contributed by atoms with van der Waals surface area (Å²) >= 11 is 18.1. The van der Waals surface area contributed by atoms with Gasteiger partial charge < -0.3 is 9.88 Å². The van der Waals surface area contributed by atoms with E-state index in [9.17, 15) is 9.59 Å². The van der Waals surface area contributed by atoms with Crippen LogP contribution in [0.1, 0.15) is 15.9 Å². The summed E-state index contributed by atoms with van der Waals surface area (Å²) in [6.45, 7) is 0.127. The van der Waals surface area contributed by atoms with Gasteiger partial charge in [0.25, 0.3) is 11.5 Å². The highest BCUT2D eigenvalue weighted by Gasteiger charge is 2.14. The topological polar surface area (TPSA) is 51.1 Å². The maximum Gasteiger partial charge on any atom is 0.263 e. The van der Waals surface area contributed by atoms with Crippen molar-refractivity contribution in [1.82, 2.24) is 9.88 Å². The lowest BCUT2D eigenvalue weighted by Gasteiger charge is -2.11. The average molecular weight is 346 g/mol. The molecule has 1 N–H and O–H groups in total. The van der Waals surface area contributed by atoms with Gasteiger partial charge in [0.2, 0.25) is 0 Å². The third-order valence-corrected chi connectivity index (χ3v) is 3.83. The van der Waals surface area contributed by atoms with Gasteiger partial charge in [-0.15, -0.1) is 0 Å². The lowest BCUT2D eigenvalue weighted by Crippen LogP contribution is -2.31. The van der Waals surface area contributed by atoms with E-state index < -0.39 is 11.5 Å². The smallest absolute Gasteiger partial charge is 0.263 e. The number of hydrogen-bond donors (Lipinski definition) is 1. The van der Waals surface area contributed by atoms with E-state index in [1.807, 2.05) is 0 Å². The van der Waals surface area contributed by atoms with Gasteiger partial charge in [-0.25, -0.2) is 0 Å². The van der Waals surface area contributed by atoms with Crippen molar-refractivity contribution < 1.29 is 4.79 Å². The number of nitrogens with zero attached hydrogens (tertiary/aromatic N) is 1. The second-order valence-corrected chi connectivity index (χ2v) is 5.54. The maximum atomic E-state index is 12.3. The molecule has 0 saturated carbocycles. The van der Waals surface area contributed by atoms with Crippen molar-refractivity contribution in [3.05, 3.63) is 67.0 Å². The summed E-state index contributed by atoms with van der Waals surface area (Å²) in [4.78, 5) is 24.0. The molecule has 7 heteroatoms. The number of hydrogen-bond acceptors (Lipinski definition) is 2. The molecule has 1 aromatic carbocycles. The highest BCUT2D eigenvalue weighted by Crippen LogP contribution is 2.25. The van der Waals surface area contributed by atoms with E-state index in [1.165, 1.54) is 23.9 Å². The van der Waals surface area contributed by atoms with Crippen LogP contribution in [0.5, 0.6) is 0 Å². The monoisotopic (exact) mass is 344 g/mol. The molecule has 0 radical (unpaired) electrons. The molecule has 0 fully saturated rings. The minimum absolute atomic E-state index is 0.0341. The fourth-order valence-corrected chi connectivity index (χ4v) is 2.61. The number of pyridine rings is 1. The minimum atomic E-state index is -0.499. The summed E-state index contributed by atoms with van der Waals surface area (Å²) in [7, 11) is 1.44. The van der Waals surface area contributed by atoms with Crippen LogP contribution in [0.15, 0.2) is 35.3 Å². The van der Waals surface area contributed by atoms with Gasteiger partial charge >= 0.3 is 0 Å². The van der Waals surface area contributed by atoms with Crippen LogP contribution in [-0.2, 0) is 6.54 Å². The largest absolute Gasteiger partial charge is 0.355 e. The van der Waals surface area contributed by atoms with Crippen molar-refractivity contribution in [2.24, 2.45) is 0 Å². The first-order chi connectivity index (χ1) is 9.93. The van der Waals surface area contributed by atoms with Gasteiger partial charge in [0.05, 0.1) is 11.6 Å². The maximum absolute atomic E-state index is 12.3. The molecule has 21 heavy (non-hydrogen) atoms. The number of benzene rings is 1. The molecule has 0 bridgehead atoms. The molecule has 0 aliphatic heterocycles. The van der Waals surface area contributed by atoms with E-state index in [-0.39, 0.29) is 17.1 Å². The lowest BCUT2D eigenvalue weighted by atomic mass is 10.2. The Morgan fingerprint density at radius 3 is 2.43 bits per heavy atom. The van der Waals surface area contributed by atoms with Crippen molar-refractivity contribution in [2.75, 3.05) is 7.05 Å². The summed E-state index contributed by atoms with van der Waals surface area (Å²) in [6, 6.07) is 6.40. The zero-order valence-corrected chi connectivity index (χ0v) is 13.3. The summed E-state index contributed by atoms with van der Waals surface area (Å²) in [5, 5.41) is 3.56. The first-order valence-corrected chi connectivity index (χ1v) is 7.12. The van der Waals surface area contributed by atoms with Crippen LogP contribution in [-0.4, -0.2) is 17.5 Å². The standard InChI is InChI=1S/C14H11Cl3N2O2/c1-18-13(20)9-5-8(15)6-19(14(9)21)7-10-11(16)3-2-4-12(10)17/h2-6H,7H2,1H3,(H,18,20). The van der Waals surface area contributed by atoms with Crippen LogP contribution in [0.2, 0.25) is 15.1 Å². The number of carbonyl (C=O) groups excluding carboxylic acids is 1. The zero-order valence-electron chi connectivity index (χ0n) is 11.0. The van der Waals surface area contributed by atoms with E-state index in [2.05, 4.69) is 5.32 Å². The number of amides is 1. The van der Waals surface area contributed by atoms with Gasteiger partial charge in [-0.2, -0.15) is 0 Å². The van der Waals surface area contributed by atoms with E-state index in [4.69, 9.17) is 34.8 Å². The number of nitrogens with one attached hydrogen (secondary N) is 1. The van der Waals surface area contributed by atoms with Crippen molar-refractivity contribution in [3.8, 4) is 0 Å². The Kier molecular flexibility index (Phi) is 4.93. The molecule has 4 nitrogen and oxygen atoms in total. The molecule has 0 unspecified atom stereocenters. The molecule has 2 rings (SSSR count). The zero-order chi connectivity index (χ0) is 15.6. The van der Waals surface area contributed by atoms with Crippen LogP contribution >= 0.6 is 34.8 Å². The average Bonchev–Trinajstić information content (AvgIpc) is 2.45. The van der Waals surface area contributed by atoms with Crippen LogP contribution in [0.3, 0.4) is 0 Å². The summed E-state index contributed by atoms with van der Waals surface area (Å²) in [6.07, 6.45) is 1.44. The molecule has 0 saturated heterocycles. The molecular weight excluding hydrogens is 335 g/mol. The quantitative estimate of drug-likeness (QED) is 0.928. The second kappa shape index (κ2) is 6.52. The first kappa shape index (κ1) is 15.9. The van der Waals surface area contributed by atoms with Crippen molar-refractivity contribution in [1.29, 1.82) is 0 Å². The third-order valence-electron chi connectivity index (χ3n) is 2.91. The fourth-order valence-electron chi connectivity index (χ4n) is 1.87. The Balaban J connectivity index is 2.53. The van der Waals surface area contributed by atoms with Crippen LogP contribution < -0.4 is 10.9 Å². The molecule has 1 heterocycles. The molecule has 2 aromatic rings. The SMILES string of the molecule is CNC(=O)c1cc(Cl)cn(Cc2c(Cl)cccc2Cl)c1=O. The molecule has 110 valence electrons. The van der Waals surface area contributed by atoms with Crippen LogP contribution in [0.4, 0.5) is 0 Å². The molecule has 0 spiro atoms. The molecule has 1 aromatic heterocycles. The van der Waals surface area contributed by atoms with Crippen LogP contribution in [0.25, 0.3) is 0 Å². The second-order valence-electron chi connectivity index (χ2n) is 4.28. The fraction of sp³-hybridized carbons (Fsp3) is 0.143. The minimum Gasteiger partial charge on any atom is -0.355 e. The lowest BCUT2D eigenvalue weighted by molar-refractivity contribution is 0.0961. The number of aromatic nitrogens is 1. The van der Waals surface area contributed by atoms with Crippen molar-refractivity contribution in [3.63, 3.8) is 0 Å². The number of carbonyl (C=O) groups is 1. The van der Waals surface area contributed by atoms with Crippen molar-refractivity contribution >= 4 is 40.7 Å². The van der Waals surface area contributed by atoms with Gasteiger partial charge in [-0.05, 0) is 18.2 Å². The van der Waals surface area contributed by atoms with E-state index >= 15 is 0 Å². The van der Waals surface area contributed by atoms with E-state index in [0.717, 1.165) is 0 Å². The molecule has 1 amide bonds. The van der Waals surface area contributed by atoms with Gasteiger partial charge in [0, 0.05) is 28.9 Å². The van der Waals surface area contributed by atoms with Gasteiger partial charge in [0.15, 0.2) is 0 Å². The Bertz CT molecular complexity index is 736. The highest BCUT2D eigenvalue weighted by atomic mass is 35.5. The Labute approximate surface area is 136 Å². The molecule has 0 aliphatic carbocycles. The Morgan fingerprint density at radius 1 is 1.24 bits per heavy atom. The molecule has 0 atom stereocenters. The summed E-state index contributed by atoms with van der Waals surface area (Å²) < 4.78 is 1.31.